The first-order valence-corrected chi connectivity index (χ1v) is 8.71. The third kappa shape index (κ3) is 3.37. The van der Waals surface area contributed by atoms with Crippen molar-refractivity contribution in [1.29, 1.82) is 0 Å². The van der Waals surface area contributed by atoms with Gasteiger partial charge in [0.25, 0.3) is 5.69 Å². The van der Waals surface area contributed by atoms with Crippen LogP contribution in [0.5, 0.6) is 0 Å². The number of nitro benzene ring substituents is 1. The van der Waals surface area contributed by atoms with Gasteiger partial charge >= 0.3 is 5.97 Å². The Morgan fingerprint density at radius 3 is 2.67 bits per heavy atom. The fraction of sp³-hybridized carbons (Fsp3) is 0.400. The fourth-order valence-electron chi connectivity index (χ4n) is 3.97. The number of benzene rings is 1. The molecule has 1 aliphatic carbocycles. The van der Waals surface area contributed by atoms with Gasteiger partial charge in [0.05, 0.1) is 17.6 Å². The monoisotopic (exact) mass is 370 g/mol. The molecule has 2 aliphatic rings. The van der Waals surface area contributed by atoms with Crippen molar-refractivity contribution in [3.05, 3.63) is 62.5 Å². The van der Waals surface area contributed by atoms with Crippen molar-refractivity contribution < 1.29 is 19.2 Å². The van der Waals surface area contributed by atoms with Crippen LogP contribution in [0.2, 0.25) is 0 Å². The molecule has 0 fully saturated rings. The van der Waals surface area contributed by atoms with Crippen LogP contribution >= 0.6 is 0 Å². The average molecular weight is 370 g/mol. The van der Waals surface area contributed by atoms with Crippen molar-refractivity contribution in [2.24, 2.45) is 5.41 Å². The van der Waals surface area contributed by atoms with Gasteiger partial charge in [-0.1, -0.05) is 26.0 Å². The van der Waals surface area contributed by atoms with E-state index in [-0.39, 0.29) is 16.9 Å². The lowest BCUT2D eigenvalue weighted by Crippen LogP contribution is -2.38. The molecule has 0 unspecified atom stereocenters. The predicted molar refractivity (Wildman–Crippen MR) is 98.7 cm³/mol. The molecule has 0 saturated heterocycles. The molecule has 1 aromatic rings. The molecule has 0 amide bonds. The highest BCUT2D eigenvalue weighted by atomic mass is 16.6. The van der Waals surface area contributed by atoms with Crippen LogP contribution in [0.25, 0.3) is 0 Å². The van der Waals surface area contributed by atoms with Gasteiger partial charge in [0.2, 0.25) is 0 Å². The molecule has 7 heteroatoms. The van der Waals surface area contributed by atoms with E-state index in [9.17, 15) is 19.7 Å². The Morgan fingerprint density at radius 2 is 2.04 bits per heavy atom. The number of dihydropyridines is 1. The summed E-state index contributed by atoms with van der Waals surface area (Å²) in [4.78, 5) is 36.2. The Balaban J connectivity index is 2.23. The molecule has 0 aromatic heterocycles. The van der Waals surface area contributed by atoms with Gasteiger partial charge in [0, 0.05) is 41.4 Å². The molecule has 1 N–H and O–H groups in total. The number of Topliss-reactive ketones (excluding diaryl/α,β-unsaturated/α-hetero) is 1. The van der Waals surface area contributed by atoms with Crippen molar-refractivity contribution in [1.82, 2.24) is 5.32 Å². The van der Waals surface area contributed by atoms with E-state index in [1.807, 2.05) is 13.8 Å². The summed E-state index contributed by atoms with van der Waals surface area (Å²) in [5.41, 5.74) is 2.44. The molecule has 0 radical (unpaired) electrons. The highest BCUT2D eigenvalue weighted by molar-refractivity contribution is 6.04. The van der Waals surface area contributed by atoms with E-state index in [1.165, 1.54) is 19.2 Å². The summed E-state index contributed by atoms with van der Waals surface area (Å²) < 4.78 is 4.94. The first-order chi connectivity index (χ1) is 12.6. The maximum Gasteiger partial charge on any atom is 0.336 e. The van der Waals surface area contributed by atoms with Crippen molar-refractivity contribution in [2.75, 3.05) is 7.11 Å². The van der Waals surface area contributed by atoms with Crippen LogP contribution in [-0.4, -0.2) is 23.8 Å². The van der Waals surface area contributed by atoms with Gasteiger partial charge in [-0.2, -0.15) is 0 Å². The van der Waals surface area contributed by atoms with Crippen molar-refractivity contribution in [3.8, 4) is 0 Å². The lowest BCUT2D eigenvalue weighted by atomic mass is 9.68. The van der Waals surface area contributed by atoms with Crippen LogP contribution in [0.15, 0.2) is 46.8 Å². The lowest BCUT2D eigenvalue weighted by molar-refractivity contribution is -0.384. The fourth-order valence-corrected chi connectivity index (χ4v) is 3.97. The third-order valence-electron chi connectivity index (χ3n) is 5.06. The lowest BCUT2D eigenvalue weighted by Gasteiger charge is -2.39. The maximum atomic E-state index is 13.0. The second-order valence-corrected chi connectivity index (χ2v) is 7.77. The Labute approximate surface area is 157 Å². The highest BCUT2D eigenvalue weighted by Gasteiger charge is 2.43. The van der Waals surface area contributed by atoms with Crippen LogP contribution in [0.3, 0.4) is 0 Å². The number of allylic oxidation sites excluding steroid dienone is 3. The minimum Gasteiger partial charge on any atom is -0.466 e. The second kappa shape index (κ2) is 6.64. The summed E-state index contributed by atoms with van der Waals surface area (Å²) in [7, 11) is 1.28. The molecule has 27 heavy (non-hydrogen) atoms. The number of non-ortho nitro benzene ring substituents is 1. The molecule has 142 valence electrons. The number of rotatable bonds is 3. The van der Waals surface area contributed by atoms with E-state index in [0.717, 1.165) is 5.70 Å². The van der Waals surface area contributed by atoms with Gasteiger partial charge in [-0.15, -0.1) is 0 Å². The van der Waals surface area contributed by atoms with Gasteiger partial charge in [-0.25, -0.2) is 4.79 Å². The summed E-state index contributed by atoms with van der Waals surface area (Å²) in [6, 6.07) is 6.08. The zero-order chi connectivity index (χ0) is 19.9. The van der Waals surface area contributed by atoms with E-state index in [2.05, 4.69) is 5.32 Å². The number of nitrogens with one attached hydrogen (secondary N) is 1. The molecule has 1 heterocycles. The summed E-state index contributed by atoms with van der Waals surface area (Å²) in [6.45, 7) is 5.80. The molecule has 7 nitrogen and oxygen atoms in total. The number of ether oxygens (including phenoxy) is 1. The molecule has 1 aliphatic heterocycles. The first-order valence-electron chi connectivity index (χ1n) is 8.71. The van der Waals surface area contributed by atoms with Gasteiger partial charge in [0.15, 0.2) is 5.78 Å². The van der Waals surface area contributed by atoms with Crippen molar-refractivity contribution >= 4 is 17.4 Å². The Hall–Kier alpha value is -2.96. The highest BCUT2D eigenvalue weighted by Crippen LogP contribution is 2.47. The largest absolute Gasteiger partial charge is 0.466 e. The zero-order valence-electron chi connectivity index (χ0n) is 15.8. The van der Waals surface area contributed by atoms with Gasteiger partial charge < -0.3 is 10.1 Å². The molecule has 0 saturated carbocycles. The minimum absolute atomic E-state index is 0.0563. The number of nitro groups is 1. The second-order valence-electron chi connectivity index (χ2n) is 7.77. The van der Waals surface area contributed by atoms with Crippen molar-refractivity contribution in [3.63, 3.8) is 0 Å². The topological polar surface area (TPSA) is 98.5 Å². The quantitative estimate of drug-likeness (QED) is 0.498. The zero-order valence-corrected chi connectivity index (χ0v) is 15.8. The summed E-state index contributed by atoms with van der Waals surface area (Å²) in [5.74, 6) is -1.29. The smallest absolute Gasteiger partial charge is 0.336 e. The van der Waals surface area contributed by atoms with Crippen LogP contribution in [0.1, 0.15) is 45.1 Å². The molecular formula is C20H22N2O5. The number of ketones is 1. The predicted octanol–water partition coefficient (Wildman–Crippen LogP) is 3.37. The van der Waals surface area contributed by atoms with E-state index < -0.39 is 16.8 Å². The third-order valence-corrected chi connectivity index (χ3v) is 5.06. The standard InChI is InChI=1S/C20H22N2O5/c1-11-16(19(24)27-4)17(12-6-5-7-13(8-12)22(25)26)18-14(21-11)9-20(2,3)10-15(18)23/h5-8,17,21H,9-10H2,1-4H3/t17-/m0/s1. The Kier molecular flexibility index (Phi) is 4.63. The minimum atomic E-state index is -0.683. The number of methoxy groups -OCH3 is 1. The normalized spacial score (nSPS) is 21.5. The number of carbonyl (C=O) groups is 2. The summed E-state index contributed by atoms with van der Waals surface area (Å²) in [6.07, 6.45) is 1.01. The SMILES string of the molecule is COC(=O)C1=C(C)NC2=C(C(=O)CC(C)(C)C2)[C@H]1c1cccc([N+](=O)[O-])c1. The molecule has 3 rings (SSSR count). The number of hydrogen-bond acceptors (Lipinski definition) is 6. The van der Waals surface area contributed by atoms with Crippen molar-refractivity contribution in [2.45, 2.75) is 39.5 Å². The van der Waals surface area contributed by atoms with E-state index >= 15 is 0 Å². The van der Waals surface area contributed by atoms with Crippen LogP contribution in [0.4, 0.5) is 5.69 Å². The first kappa shape index (κ1) is 18.8. The van der Waals surface area contributed by atoms with E-state index in [4.69, 9.17) is 4.74 Å². The molecular weight excluding hydrogens is 348 g/mol. The summed E-state index contributed by atoms with van der Waals surface area (Å²) in [5, 5.41) is 14.4. The average Bonchev–Trinajstić information content (AvgIpc) is 2.58. The molecule has 0 spiro atoms. The summed E-state index contributed by atoms with van der Waals surface area (Å²) >= 11 is 0. The number of nitrogens with zero attached hydrogens (tertiary/aromatic N) is 1. The molecule has 0 bridgehead atoms. The van der Waals surface area contributed by atoms with E-state index in [0.29, 0.717) is 35.2 Å². The van der Waals surface area contributed by atoms with Crippen LogP contribution in [0, 0.1) is 15.5 Å². The van der Waals surface area contributed by atoms with Gasteiger partial charge in [-0.05, 0) is 24.3 Å². The Morgan fingerprint density at radius 1 is 1.33 bits per heavy atom. The van der Waals surface area contributed by atoms with Crippen LogP contribution < -0.4 is 5.32 Å². The molecule has 1 atom stereocenters. The molecule has 1 aromatic carbocycles. The number of hydrogen-bond donors (Lipinski definition) is 1. The number of carbonyl (C=O) groups excluding carboxylic acids is 2. The van der Waals surface area contributed by atoms with Gasteiger partial charge in [0.1, 0.15) is 0 Å². The Bertz CT molecular complexity index is 911. The van der Waals surface area contributed by atoms with E-state index in [1.54, 1.807) is 19.1 Å². The van der Waals surface area contributed by atoms with Gasteiger partial charge in [-0.3, -0.25) is 14.9 Å². The number of esters is 1. The van der Waals surface area contributed by atoms with Crippen LogP contribution in [-0.2, 0) is 14.3 Å². The maximum absolute atomic E-state index is 13.0.